The molecule has 0 N–H and O–H groups in total. The molecule has 0 spiro atoms. The molecule has 0 aliphatic carbocycles. The summed E-state index contributed by atoms with van der Waals surface area (Å²) in [5.41, 5.74) is 3.14. The standard InChI is InChI=1S/C32H22F2N2O3S/c1-39-25-9-5-8-24(17-25)36-30(37)29-26(19-40-31(29)35(32(36)38)18-20-6-3-2-4-7-20)22-12-10-21(11-13-22)23-14-15-27(33)28(34)16-23/h2-17,19H,18H2,1H3. The van der Waals surface area contributed by atoms with Crippen molar-refractivity contribution in [1.82, 2.24) is 9.13 Å². The summed E-state index contributed by atoms with van der Waals surface area (Å²) in [7, 11) is 1.53. The summed E-state index contributed by atoms with van der Waals surface area (Å²) in [4.78, 5) is 28.4. The summed E-state index contributed by atoms with van der Waals surface area (Å²) in [5.74, 6) is -1.30. The van der Waals surface area contributed by atoms with Gasteiger partial charge in [0, 0.05) is 17.0 Å². The zero-order valence-corrected chi connectivity index (χ0v) is 22.1. The minimum atomic E-state index is -0.917. The van der Waals surface area contributed by atoms with Gasteiger partial charge in [-0.3, -0.25) is 9.36 Å². The second-order valence-corrected chi connectivity index (χ2v) is 10.1. The zero-order chi connectivity index (χ0) is 27.8. The lowest BCUT2D eigenvalue weighted by Gasteiger charge is -2.14. The number of ether oxygens (including phenoxy) is 1. The van der Waals surface area contributed by atoms with Crippen LogP contribution in [0.4, 0.5) is 8.78 Å². The van der Waals surface area contributed by atoms with Gasteiger partial charge in [-0.1, -0.05) is 66.7 Å². The third-order valence-electron chi connectivity index (χ3n) is 6.80. The van der Waals surface area contributed by atoms with Gasteiger partial charge in [-0.15, -0.1) is 11.3 Å². The molecule has 0 bridgehead atoms. The summed E-state index contributed by atoms with van der Waals surface area (Å²) in [5, 5.41) is 2.29. The number of nitrogens with zero attached hydrogens (tertiary/aromatic N) is 2. The van der Waals surface area contributed by atoms with Gasteiger partial charge in [0.15, 0.2) is 11.6 Å². The highest BCUT2D eigenvalue weighted by Crippen LogP contribution is 2.33. The highest BCUT2D eigenvalue weighted by molar-refractivity contribution is 7.17. The van der Waals surface area contributed by atoms with Gasteiger partial charge in [0.05, 0.1) is 24.7 Å². The molecule has 8 heteroatoms. The van der Waals surface area contributed by atoms with Crippen LogP contribution in [0.3, 0.4) is 0 Å². The second kappa shape index (κ2) is 10.4. The van der Waals surface area contributed by atoms with Gasteiger partial charge in [0.2, 0.25) is 0 Å². The molecule has 6 aromatic rings. The molecule has 0 atom stereocenters. The van der Waals surface area contributed by atoms with E-state index in [1.807, 2.05) is 47.8 Å². The summed E-state index contributed by atoms with van der Waals surface area (Å²) in [6.45, 7) is 0.287. The number of hydrogen-bond acceptors (Lipinski definition) is 4. The lowest BCUT2D eigenvalue weighted by molar-refractivity contribution is 0.414. The molecule has 0 amide bonds. The fourth-order valence-electron chi connectivity index (χ4n) is 4.77. The first-order valence-corrected chi connectivity index (χ1v) is 13.3. The van der Waals surface area contributed by atoms with E-state index in [1.165, 1.54) is 29.1 Å². The Hall–Kier alpha value is -4.82. The average molecular weight is 553 g/mol. The predicted molar refractivity (Wildman–Crippen MR) is 155 cm³/mol. The fourth-order valence-corrected chi connectivity index (χ4v) is 5.84. The smallest absolute Gasteiger partial charge is 0.337 e. The van der Waals surface area contributed by atoms with Crippen molar-refractivity contribution >= 4 is 21.6 Å². The Morgan fingerprint density at radius 2 is 1.50 bits per heavy atom. The normalized spacial score (nSPS) is 11.2. The van der Waals surface area contributed by atoms with Gasteiger partial charge in [-0.05, 0) is 46.5 Å². The van der Waals surface area contributed by atoms with Crippen LogP contribution in [0.1, 0.15) is 5.56 Å². The minimum absolute atomic E-state index is 0.287. The molecule has 40 heavy (non-hydrogen) atoms. The van der Waals surface area contributed by atoms with Crippen LogP contribution in [0, 0.1) is 11.6 Å². The maximum Gasteiger partial charge on any atom is 0.337 e. The molecule has 0 fully saturated rings. The number of halogens is 2. The molecule has 0 aliphatic heterocycles. The highest BCUT2D eigenvalue weighted by atomic mass is 32.1. The maximum atomic E-state index is 14.0. The summed E-state index contributed by atoms with van der Waals surface area (Å²) in [6.07, 6.45) is 0. The Balaban J connectivity index is 1.55. The van der Waals surface area contributed by atoms with Crippen LogP contribution in [-0.4, -0.2) is 16.2 Å². The number of thiophene rings is 1. The van der Waals surface area contributed by atoms with E-state index in [0.717, 1.165) is 23.3 Å². The number of aromatic nitrogens is 2. The van der Waals surface area contributed by atoms with E-state index in [-0.39, 0.29) is 6.54 Å². The van der Waals surface area contributed by atoms with Crippen molar-refractivity contribution in [2.45, 2.75) is 6.54 Å². The number of rotatable bonds is 6. The predicted octanol–water partition coefficient (Wildman–Crippen LogP) is 6.88. The summed E-state index contributed by atoms with van der Waals surface area (Å²) < 4.78 is 35.3. The molecule has 0 saturated carbocycles. The van der Waals surface area contributed by atoms with Gasteiger partial charge in [0.1, 0.15) is 10.6 Å². The quantitative estimate of drug-likeness (QED) is 0.226. The SMILES string of the molecule is COc1cccc(-n2c(=O)c3c(-c4ccc(-c5ccc(F)c(F)c5)cc4)csc3n(Cc3ccccc3)c2=O)c1. The Kier molecular flexibility index (Phi) is 6.61. The van der Waals surface area contributed by atoms with Gasteiger partial charge < -0.3 is 4.74 Å². The lowest BCUT2D eigenvalue weighted by atomic mass is 10.0. The molecular weight excluding hydrogens is 530 g/mol. The van der Waals surface area contributed by atoms with Gasteiger partial charge in [-0.2, -0.15) is 0 Å². The van der Waals surface area contributed by atoms with E-state index in [1.54, 1.807) is 41.0 Å². The van der Waals surface area contributed by atoms with Crippen molar-refractivity contribution in [1.29, 1.82) is 0 Å². The first kappa shape index (κ1) is 25.5. The maximum absolute atomic E-state index is 14.0. The van der Waals surface area contributed by atoms with Crippen molar-refractivity contribution in [3.63, 3.8) is 0 Å². The molecule has 2 aromatic heterocycles. The summed E-state index contributed by atoms with van der Waals surface area (Å²) in [6, 6.07) is 27.5. The highest BCUT2D eigenvalue weighted by Gasteiger charge is 2.20. The largest absolute Gasteiger partial charge is 0.497 e. The molecule has 4 aromatic carbocycles. The molecule has 198 valence electrons. The Labute approximate surface area is 231 Å². The monoisotopic (exact) mass is 552 g/mol. The molecule has 2 heterocycles. The number of benzene rings is 4. The third-order valence-corrected chi connectivity index (χ3v) is 7.80. The van der Waals surface area contributed by atoms with Crippen LogP contribution < -0.4 is 16.0 Å². The Bertz CT molecular complexity index is 1980. The molecule has 5 nitrogen and oxygen atoms in total. The molecule has 6 rings (SSSR count). The van der Waals surface area contributed by atoms with E-state index in [0.29, 0.717) is 38.3 Å². The van der Waals surface area contributed by atoms with Gasteiger partial charge in [0.25, 0.3) is 5.56 Å². The number of fused-ring (bicyclic) bond motifs is 1. The van der Waals surface area contributed by atoms with Crippen molar-refractivity contribution in [2.75, 3.05) is 7.11 Å². The van der Waals surface area contributed by atoms with E-state index < -0.39 is 22.9 Å². The van der Waals surface area contributed by atoms with Crippen LogP contribution in [0.5, 0.6) is 5.75 Å². The van der Waals surface area contributed by atoms with Gasteiger partial charge in [-0.25, -0.2) is 18.1 Å². The topological polar surface area (TPSA) is 53.2 Å². The molecule has 0 unspecified atom stereocenters. The fraction of sp³-hybridized carbons (Fsp3) is 0.0625. The van der Waals surface area contributed by atoms with Crippen LogP contribution in [-0.2, 0) is 6.54 Å². The van der Waals surface area contributed by atoms with Crippen molar-refractivity contribution < 1.29 is 13.5 Å². The van der Waals surface area contributed by atoms with Crippen LogP contribution in [0.2, 0.25) is 0 Å². The van der Waals surface area contributed by atoms with Crippen LogP contribution in [0.15, 0.2) is 112 Å². The zero-order valence-electron chi connectivity index (χ0n) is 21.3. The Morgan fingerprint density at radius 1 is 0.775 bits per heavy atom. The first-order chi connectivity index (χ1) is 19.4. The lowest BCUT2D eigenvalue weighted by Crippen LogP contribution is -2.38. The van der Waals surface area contributed by atoms with E-state index in [2.05, 4.69) is 0 Å². The number of methoxy groups -OCH3 is 1. The second-order valence-electron chi connectivity index (χ2n) is 9.23. The Morgan fingerprint density at radius 3 is 2.23 bits per heavy atom. The van der Waals surface area contributed by atoms with E-state index in [4.69, 9.17) is 4.74 Å². The van der Waals surface area contributed by atoms with Gasteiger partial charge >= 0.3 is 5.69 Å². The third kappa shape index (κ3) is 4.52. The summed E-state index contributed by atoms with van der Waals surface area (Å²) >= 11 is 1.33. The van der Waals surface area contributed by atoms with Crippen LogP contribution in [0.25, 0.3) is 38.2 Å². The average Bonchev–Trinajstić information content (AvgIpc) is 3.43. The van der Waals surface area contributed by atoms with E-state index >= 15 is 0 Å². The van der Waals surface area contributed by atoms with Crippen molar-refractivity contribution in [2.24, 2.45) is 0 Å². The number of hydrogen-bond donors (Lipinski definition) is 0. The first-order valence-electron chi connectivity index (χ1n) is 12.5. The van der Waals surface area contributed by atoms with Crippen molar-refractivity contribution in [3.05, 3.63) is 140 Å². The molecule has 0 aliphatic rings. The minimum Gasteiger partial charge on any atom is -0.497 e. The molecule has 0 saturated heterocycles. The molecule has 0 radical (unpaired) electrons. The van der Waals surface area contributed by atoms with Crippen molar-refractivity contribution in [3.8, 4) is 33.7 Å². The molecular formula is C32H22F2N2O3S. The van der Waals surface area contributed by atoms with E-state index in [9.17, 15) is 18.4 Å². The van der Waals surface area contributed by atoms with Crippen LogP contribution >= 0.6 is 11.3 Å².